The van der Waals surface area contributed by atoms with Gasteiger partial charge in [-0.2, -0.15) is 0 Å². The van der Waals surface area contributed by atoms with Crippen molar-refractivity contribution in [2.75, 3.05) is 13.2 Å². The lowest BCUT2D eigenvalue weighted by atomic mass is 10.1. The van der Waals surface area contributed by atoms with E-state index in [1.54, 1.807) is 0 Å². The highest BCUT2D eigenvalue weighted by Gasteiger charge is 2.09. The van der Waals surface area contributed by atoms with Crippen LogP contribution in [-0.4, -0.2) is 25.4 Å². The first-order valence-electron chi connectivity index (χ1n) is 12.5. The third kappa shape index (κ3) is 15.3. The molecule has 1 rings (SSSR count). The van der Waals surface area contributed by atoms with Crippen LogP contribution in [0.3, 0.4) is 0 Å². The molecule has 0 atom stereocenters. The minimum absolute atomic E-state index is 0.146. The average Bonchev–Trinajstić information content (AvgIpc) is 2.72. The molecule has 0 unspecified atom stereocenters. The van der Waals surface area contributed by atoms with Crippen molar-refractivity contribution in [3.63, 3.8) is 0 Å². The summed E-state index contributed by atoms with van der Waals surface area (Å²) in [4.78, 5) is 0. The molecule has 0 spiro atoms. The van der Waals surface area contributed by atoms with Crippen molar-refractivity contribution in [3.8, 4) is 0 Å². The third-order valence-electron chi connectivity index (χ3n) is 5.60. The first-order valence-corrected chi connectivity index (χ1v) is 12.5. The minimum atomic E-state index is 0.146. The number of rotatable bonds is 20. The second-order valence-corrected chi connectivity index (χ2v) is 8.39. The first-order chi connectivity index (χ1) is 13.9. The largest absolute Gasteiger partial charge is 0.370 e. The van der Waals surface area contributed by atoms with Crippen molar-refractivity contribution < 1.29 is 9.47 Å². The zero-order valence-electron chi connectivity index (χ0n) is 19.0. The Morgan fingerprint density at radius 1 is 0.429 bits per heavy atom. The van der Waals surface area contributed by atoms with Crippen LogP contribution < -0.4 is 0 Å². The number of hydrogen-bond acceptors (Lipinski definition) is 2. The molecule has 0 heterocycles. The Kier molecular flexibility index (Phi) is 17.9. The van der Waals surface area contributed by atoms with E-state index in [2.05, 4.69) is 38.2 Å². The molecule has 164 valence electrons. The van der Waals surface area contributed by atoms with Crippen LogP contribution in [0.4, 0.5) is 0 Å². The molecular weight excluding hydrogens is 344 g/mol. The molecule has 2 nitrogen and oxygen atoms in total. The van der Waals surface area contributed by atoms with Crippen LogP contribution >= 0.6 is 0 Å². The normalized spacial score (nSPS) is 18.8. The van der Waals surface area contributed by atoms with Gasteiger partial charge in [0.05, 0.1) is 12.2 Å². The molecule has 0 saturated heterocycles. The van der Waals surface area contributed by atoms with Gasteiger partial charge in [0.25, 0.3) is 0 Å². The van der Waals surface area contributed by atoms with E-state index in [-0.39, 0.29) is 12.2 Å². The predicted octanol–water partition coefficient (Wildman–Crippen LogP) is 8.16. The lowest BCUT2D eigenvalue weighted by Gasteiger charge is -2.18. The van der Waals surface area contributed by atoms with Crippen LogP contribution in [-0.2, 0) is 9.47 Å². The standard InChI is InChI=1S/C26H48O2/c1-3-5-7-9-11-13-15-17-23-27-25-19-21-26(22-20-25)28-24-18-16-14-12-10-8-6-4-2/h19-22,25-26H,3-18,23-24H2,1-2H3. The summed E-state index contributed by atoms with van der Waals surface area (Å²) in [7, 11) is 0. The van der Waals surface area contributed by atoms with Crippen LogP contribution in [0.25, 0.3) is 0 Å². The van der Waals surface area contributed by atoms with Gasteiger partial charge >= 0.3 is 0 Å². The maximum absolute atomic E-state index is 5.95. The molecular formula is C26H48O2. The van der Waals surface area contributed by atoms with E-state index in [1.807, 2.05) is 0 Å². The molecule has 1 aliphatic carbocycles. The zero-order chi connectivity index (χ0) is 20.1. The number of unbranched alkanes of at least 4 members (excludes halogenated alkanes) is 14. The Hall–Kier alpha value is -0.600. The first kappa shape index (κ1) is 25.4. The topological polar surface area (TPSA) is 18.5 Å². The van der Waals surface area contributed by atoms with Gasteiger partial charge in [0.2, 0.25) is 0 Å². The lowest BCUT2D eigenvalue weighted by molar-refractivity contribution is 0.0912. The predicted molar refractivity (Wildman–Crippen MR) is 123 cm³/mol. The van der Waals surface area contributed by atoms with Gasteiger partial charge in [-0.3, -0.25) is 0 Å². The summed E-state index contributed by atoms with van der Waals surface area (Å²) in [5, 5.41) is 0. The number of ether oxygens (including phenoxy) is 2. The van der Waals surface area contributed by atoms with Gasteiger partial charge in [0.15, 0.2) is 0 Å². The average molecular weight is 393 g/mol. The summed E-state index contributed by atoms with van der Waals surface area (Å²) in [5.41, 5.74) is 0. The molecule has 28 heavy (non-hydrogen) atoms. The smallest absolute Gasteiger partial charge is 0.0939 e. The fraction of sp³-hybridized carbons (Fsp3) is 0.846. The van der Waals surface area contributed by atoms with E-state index in [4.69, 9.17) is 9.47 Å². The SMILES string of the molecule is CCCCCCCCCCOC1C=CC(OCCCCCCCCCC)C=C1. The lowest BCUT2D eigenvalue weighted by Crippen LogP contribution is -2.17. The Balaban J connectivity index is 1.88. The highest BCUT2D eigenvalue weighted by molar-refractivity contribution is 5.16. The maximum Gasteiger partial charge on any atom is 0.0939 e. The summed E-state index contributed by atoms with van der Waals surface area (Å²) >= 11 is 0. The highest BCUT2D eigenvalue weighted by atomic mass is 16.5. The van der Waals surface area contributed by atoms with E-state index in [1.165, 1.54) is 103 Å². The van der Waals surface area contributed by atoms with Crippen molar-refractivity contribution in [2.24, 2.45) is 0 Å². The van der Waals surface area contributed by atoms with Gasteiger partial charge in [0.1, 0.15) is 0 Å². The van der Waals surface area contributed by atoms with Crippen LogP contribution in [0.5, 0.6) is 0 Å². The second-order valence-electron chi connectivity index (χ2n) is 8.39. The Morgan fingerprint density at radius 3 is 1.04 bits per heavy atom. The summed E-state index contributed by atoms with van der Waals surface area (Å²) in [6, 6.07) is 0. The van der Waals surface area contributed by atoms with E-state index in [0.717, 1.165) is 13.2 Å². The second kappa shape index (κ2) is 19.7. The van der Waals surface area contributed by atoms with Gasteiger partial charge in [-0.15, -0.1) is 0 Å². The summed E-state index contributed by atoms with van der Waals surface area (Å²) in [5.74, 6) is 0. The summed E-state index contributed by atoms with van der Waals surface area (Å²) in [6.45, 7) is 6.30. The Labute approximate surface area is 176 Å². The van der Waals surface area contributed by atoms with Gasteiger partial charge in [-0.1, -0.05) is 128 Å². The van der Waals surface area contributed by atoms with E-state index in [0.29, 0.717) is 0 Å². The molecule has 0 fully saturated rings. The van der Waals surface area contributed by atoms with Crippen molar-refractivity contribution in [1.29, 1.82) is 0 Å². The molecule has 0 bridgehead atoms. The van der Waals surface area contributed by atoms with Gasteiger partial charge < -0.3 is 9.47 Å². The van der Waals surface area contributed by atoms with Crippen LogP contribution in [0.15, 0.2) is 24.3 Å². The van der Waals surface area contributed by atoms with Crippen molar-refractivity contribution in [2.45, 2.75) is 129 Å². The molecule has 0 aliphatic heterocycles. The zero-order valence-corrected chi connectivity index (χ0v) is 19.0. The van der Waals surface area contributed by atoms with E-state index >= 15 is 0 Å². The minimum Gasteiger partial charge on any atom is -0.370 e. The van der Waals surface area contributed by atoms with Crippen molar-refractivity contribution in [3.05, 3.63) is 24.3 Å². The monoisotopic (exact) mass is 392 g/mol. The van der Waals surface area contributed by atoms with E-state index < -0.39 is 0 Å². The maximum atomic E-state index is 5.95. The molecule has 0 saturated carbocycles. The molecule has 0 amide bonds. The van der Waals surface area contributed by atoms with Crippen LogP contribution in [0.2, 0.25) is 0 Å². The van der Waals surface area contributed by atoms with Crippen molar-refractivity contribution >= 4 is 0 Å². The summed E-state index contributed by atoms with van der Waals surface area (Å²) < 4.78 is 11.9. The third-order valence-corrected chi connectivity index (χ3v) is 5.60. The Morgan fingerprint density at radius 2 is 0.714 bits per heavy atom. The molecule has 0 radical (unpaired) electrons. The molecule has 0 aromatic rings. The Bertz CT molecular complexity index is 327. The highest BCUT2D eigenvalue weighted by Crippen LogP contribution is 2.13. The van der Waals surface area contributed by atoms with Gasteiger partial charge in [-0.25, -0.2) is 0 Å². The molecule has 0 aromatic heterocycles. The van der Waals surface area contributed by atoms with Gasteiger partial charge in [-0.05, 0) is 12.8 Å². The number of hydrogen-bond donors (Lipinski definition) is 0. The molecule has 0 aromatic carbocycles. The van der Waals surface area contributed by atoms with Crippen LogP contribution in [0.1, 0.15) is 117 Å². The van der Waals surface area contributed by atoms with Crippen molar-refractivity contribution in [1.82, 2.24) is 0 Å². The summed E-state index contributed by atoms with van der Waals surface area (Å²) in [6.07, 6.45) is 30.5. The van der Waals surface area contributed by atoms with Gasteiger partial charge in [0, 0.05) is 13.2 Å². The molecule has 1 aliphatic rings. The molecule has 0 N–H and O–H groups in total. The quantitative estimate of drug-likeness (QED) is 0.154. The fourth-order valence-corrected chi connectivity index (χ4v) is 3.70. The van der Waals surface area contributed by atoms with Crippen LogP contribution in [0, 0.1) is 0 Å². The van der Waals surface area contributed by atoms with E-state index in [9.17, 15) is 0 Å². The molecule has 2 heteroatoms. The fourth-order valence-electron chi connectivity index (χ4n) is 3.70.